The van der Waals surface area contributed by atoms with Gasteiger partial charge in [-0.3, -0.25) is 4.79 Å². The number of amides is 1. The summed E-state index contributed by atoms with van der Waals surface area (Å²) in [5, 5.41) is 0. The highest BCUT2D eigenvalue weighted by Gasteiger charge is 2.35. The Morgan fingerprint density at radius 1 is 1.11 bits per heavy atom. The van der Waals surface area contributed by atoms with Gasteiger partial charge in [-0.15, -0.1) is 0 Å². The average molecular weight is 379 g/mol. The lowest BCUT2D eigenvalue weighted by Crippen LogP contribution is -2.41. The molecule has 4 N–H and O–H groups in total. The van der Waals surface area contributed by atoms with Crippen LogP contribution in [0.2, 0.25) is 0 Å². The molecule has 0 radical (unpaired) electrons. The lowest BCUT2D eigenvalue weighted by molar-refractivity contribution is -0.122. The summed E-state index contributed by atoms with van der Waals surface area (Å²) >= 11 is 0. The third-order valence-electron chi connectivity index (χ3n) is 5.75. The van der Waals surface area contributed by atoms with Crippen molar-refractivity contribution in [2.24, 2.45) is 16.6 Å². The standard InChI is InChI=1S/C21H25N5O2/c1-21(2)17(26-16-18(22)24-11-25-20(16)28-21)14-7-3-12(4-8-14)13-5-9-15(10-6-13)19(23)27/h3-4,7-8,11,13,15H,5-6,9-10H2,1-2H3,(H2,23,27)(H2,22,24,25). The number of rotatable bonds is 3. The van der Waals surface area contributed by atoms with Gasteiger partial charge < -0.3 is 16.2 Å². The van der Waals surface area contributed by atoms with Gasteiger partial charge in [0, 0.05) is 11.5 Å². The molecule has 7 nitrogen and oxygen atoms in total. The van der Waals surface area contributed by atoms with Crippen LogP contribution < -0.4 is 16.2 Å². The van der Waals surface area contributed by atoms with E-state index in [9.17, 15) is 4.79 Å². The molecular formula is C21H25N5O2. The molecule has 28 heavy (non-hydrogen) atoms. The predicted molar refractivity (Wildman–Crippen MR) is 108 cm³/mol. The van der Waals surface area contributed by atoms with Crippen molar-refractivity contribution >= 4 is 23.1 Å². The van der Waals surface area contributed by atoms with Gasteiger partial charge in [-0.1, -0.05) is 24.3 Å². The zero-order chi connectivity index (χ0) is 19.9. The van der Waals surface area contributed by atoms with E-state index in [2.05, 4.69) is 34.2 Å². The van der Waals surface area contributed by atoms with E-state index in [-0.39, 0.29) is 11.8 Å². The van der Waals surface area contributed by atoms with E-state index in [0.29, 0.717) is 23.3 Å². The number of ether oxygens (including phenoxy) is 1. The average Bonchev–Trinajstić information content (AvgIpc) is 2.67. The van der Waals surface area contributed by atoms with Crippen molar-refractivity contribution in [3.8, 4) is 5.88 Å². The number of carbonyl (C=O) groups is 1. The van der Waals surface area contributed by atoms with Crippen LogP contribution in [-0.2, 0) is 4.79 Å². The molecule has 2 aliphatic rings. The Morgan fingerprint density at radius 3 is 2.43 bits per heavy atom. The lowest BCUT2D eigenvalue weighted by atomic mass is 9.78. The molecule has 7 heteroatoms. The molecule has 1 aliphatic heterocycles. The SMILES string of the molecule is CC1(C)Oc2ncnc(N)c2N=C1c1ccc(C2CCC(C(N)=O)CC2)cc1. The number of primary amides is 1. The maximum Gasteiger partial charge on any atom is 0.246 e. The molecule has 0 unspecified atom stereocenters. The van der Waals surface area contributed by atoms with Crippen LogP contribution in [-0.4, -0.2) is 27.2 Å². The van der Waals surface area contributed by atoms with Gasteiger partial charge in [0.25, 0.3) is 0 Å². The van der Waals surface area contributed by atoms with Gasteiger partial charge in [0.15, 0.2) is 11.5 Å². The molecule has 0 spiro atoms. The van der Waals surface area contributed by atoms with Crippen LogP contribution in [0.15, 0.2) is 35.6 Å². The smallest absolute Gasteiger partial charge is 0.246 e. The maximum atomic E-state index is 11.4. The van der Waals surface area contributed by atoms with Crippen LogP contribution in [0.5, 0.6) is 5.88 Å². The Kier molecular flexibility index (Phi) is 4.53. The Bertz CT molecular complexity index is 928. The maximum absolute atomic E-state index is 11.4. The fourth-order valence-corrected chi connectivity index (χ4v) is 4.13. The second-order valence-electron chi connectivity index (χ2n) is 8.06. The van der Waals surface area contributed by atoms with Crippen molar-refractivity contribution in [1.29, 1.82) is 0 Å². The van der Waals surface area contributed by atoms with Crippen LogP contribution in [0.4, 0.5) is 11.5 Å². The number of hydrogen-bond donors (Lipinski definition) is 2. The molecule has 1 aliphatic carbocycles. The number of aliphatic imine (C=N–C) groups is 1. The van der Waals surface area contributed by atoms with Gasteiger partial charge in [-0.05, 0) is 51.0 Å². The summed E-state index contributed by atoms with van der Waals surface area (Å²) < 4.78 is 6.04. The fraction of sp³-hybridized carbons (Fsp3) is 0.429. The molecular weight excluding hydrogens is 354 g/mol. The zero-order valence-electron chi connectivity index (χ0n) is 16.2. The van der Waals surface area contributed by atoms with Crippen LogP contribution in [0.3, 0.4) is 0 Å². The zero-order valence-corrected chi connectivity index (χ0v) is 16.2. The topological polar surface area (TPSA) is 116 Å². The molecule has 1 amide bonds. The summed E-state index contributed by atoms with van der Waals surface area (Å²) in [6.07, 6.45) is 5.09. The van der Waals surface area contributed by atoms with Crippen molar-refractivity contribution in [2.45, 2.75) is 51.0 Å². The monoisotopic (exact) mass is 379 g/mol. The molecule has 1 aromatic heterocycles. The number of fused-ring (bicyclic) bond motifs is 1. The minimum atomic E-state index is -0.630. The number of nitrogens with two attached hydrogens (primary N) is 2. The van der Waals surface area contributed by atoms with Gasteiger partial charge in [0.1, 0.15) is 11.9 Å². The molecule has 1 aromatic carbocycles. The second kappa shape index (κ2) is 6.89. The molecule has 1 saturated carbocycles. The molecule has 2 aromatic rings. The van der Waals surface area contributed by atoms with Gasteiger partial charge in [-0.2, -0.15) is 4.98 Å². The minimum absolute atomic E-state index is 0.0258. The molecule has 0 bridgehead atoms. The van der Waals surface area contributed by atoms with Crippen molar-refractivity contribution in [2.75, 3.05) is 5.73 Å². The highest BCUT2D eigenvalue weighted by Crippen LogP contribution is 2.39. The van der Waals surface area contributed by atoms with Crippen LogP contribution in [0.1, 0.15) is 56.6 Å². The van der Waals surface area contributed by atoms with Crippen molar-refractivity contribution in [3.63, 3.8) is 0 Å². The lowest BCUT2D eigenvalue weighted by Gasteiger charge is -2.32. The van der Waals surface area contributed by atoms with E-state index < -0.39 is 5.60 Å². The predicted octanol–water partition coefficient (Wildman–Crippen LogP) is 3.11. The van der Waals surface area contributed by atoms with E-state index in [1.165, 1.54) is 11.9 Å². The van der Waals surface area contributed by atoms with Gasteiger partial charge in [-0.25, -0.2) is 9.98 Å². The van der Waals surface area contributed by atoms with E-state index in [0.717, 1.165) is 37.0 Å². The summed E-state index contributed by atoms with van der Waals surface area (Å²) in [7, 11) is 0. The number of aromatic nitrogens is 2. The molecule has 0 atom stereocenters. The Hall–Kier alpha value is -2.96. The normalized spacial score (nSPS) is 23.3. The fourth-order valence-electron chi connectivity index (χ4n) is 4.13. The summed E-state index contributed by atoms with van der Waals surface area (Å²) in [5.41, 5.74) is 14.3. The van der Waals surface area contributed by atoms with Gasteiger partial charge in [0.05, 0.1) is 5.71 Å². The number of nitrogen functional groups attached to an aromatic ring is 1. The minimum Gasteiger partial charge on any atom is -0.463 e. The largest absolute Gasteiger partial charge is 0.463 e. The van der Waals surface area contributed by atoms with Gasteiger partial charge in [0.2, 0.25) is 11.8 Å². The van der Waals surface area contributed by atoms with Crippen LogP contribution in [0, 0.1) is 5.92 Å². The number of carbonyl (C=O) groups excluding carboxylic acids is 1. The van der Waals surface area contributed by atoms with Crippen LogP contribution in [0.25, 0.3) is 0 Å². The Labute approximate surface area is 164 Å². The number of anilines is 1. The van der Waals surface area contributed by atoms with Crippen molar-refractivity contribution < 1.29 is 9.53 Å². The first-order chi connectivity index (χ1) is 13.3. The molecule has 1 fully saturated rings. The Balaban J connectivity index is 1.59. The van der Waals surface area contributed by atoms with E-state index >= 15 is 0 Å². The summed E-state index contributed by atoms with van der Waals surface area (Å²) in [5.74, 6) is 1.03. The Morgan fingerprint density at radius 2 is 1.79 bits per heavy atom. The molecule has 0 saturated heterocycles. The first kappa shape index (κ1) is 18.4. The van der Waals surface area contributed by atoms with E-state index in [1.54, 1.807) is 0 Å². The van der Waals surface area contributed by atoms with Crippen LogP contribution >= 0.6 is 0 Å². The second-order valence-corrected chi connectivity index (χ2v) is 8.06. The van der Waals surface area contributed by atoms with Crippen molar-refractivity contribution in [1.82, 2.24) is 9.97 Å². The summed E-state index contributed by atoms with van der Waals surface area (Å²) in [6.45, 7) is 3.93. The van der Waals surface area contributed by atoms with E-state index in [1.807, 2.05) is 13.8 Å². The van der Waals surface area contributed by atoms with E-state index in [4.69, 9.17) is 21.2 Å². The third-order valence-corrected chi connectivity index (χ3v) is 5.75. The highest BCUT2D eigenvalue weighted by molar-refractivity contribution is 6.09. The molecule has 146 valence electrons. The number of benzene rings is 1. The summed E-state index contributed by atoms with van der Waals surface area (Å²) in [6, 6.07) is 8.43. The van der Waals surface area contributed by atoms with Crippen molar-refractivity contribution in [3.05, 3.63) is 41.7 Å². The third kappa shape index (κ3) is 3.32. The molecule has 2 heterocycles. The first-order valence-corrected chi connectivity index (χ1v) is 9.63. The molecule has 4 rings (SSSR count). The highest BCUT2D eigenvalue weighted by atomic mass is 16.5. The number of nitrogens with zero attached hydrogens (tertiary/aromatic N) is 3. The quantitative estimate of drug-likeness (QED) is 0.850. The number of hydrogen-bond acceptors (Lipinski definition) is 6. The summed E-state index contributed by atoms with van der Waals surface area (Å²) in [4.78, 5) is 24.3. The first-order valence-electron chi connectivity index (χ1n) is 9.63. The van der Waals surface area contributed by atoms with Gasteiger partial charge >= 0.3 is 0 Å².